The molecule has 0 unspecified atom stereocenters. The lowest BCUT2D eigenvalue weighted by molar-refractivity contribution is 0.0173. The van der Waals surface area contributed by atoms with E-state index in [0.717, 1.165) is 30.6 Å². The molecule has 1 heteroatoms. The van der Waals surface area contributed by atoms with Crippen molar-refractivity contribution in [3.05, 3.63) is 0 Å². The summed E-state index contributed by atoms with van der Waals surface area (Å²) in [6.07, 6.45) is 12.8. The van der Waals surface area contributed by atoms with Crippen LogP contribution in [0.3, 0.4) is 0 Å². The minimum Gasteiger partial charge on any atom is -0.393 e. The molecule has 0 aromatic carbocycles. The van der Waals surface area contributed by atoms with E-state index in [1.54, 1.807) is 0 Å². The predicted molar refractivity (Wildman–Crippen MR) is 116 cm³/mol. The minimum absolute atomic E-state index is 0.00609. The van der Waals surface area contributed by atoms with Gasteiger partial charge in [0.2, 0.25) is 0 Å². The van der Waals surface area contributed by atoms with Gasteiger partial charge in [-0.05, 0) is 61.7 Å². The highest BCUT2D eigenvalue weighted by atomic mass is 16.3. The Labute approximate surface area is 161 Å². The van der Waals surface area contributed by atoms with Gasteiger partial charge in [-0.2, -0.15) is 0 Å². The van der Waals surface area contributed by atoms with Crippen molar-refractivity contribution in [3.63, 3.8) is 0 Å². The first-order valence-corrected chi connectivity index (χ1v) is 11.5. The maximum Gasteiger partial charge on any atom is 0.0540 e. The average molecular weight is 357 g/mol. The zero-order valence-electron chi connectivity index (χ0n) is 19.3. The Morgan fingerprint density at radius 3 is 1.28 bits per heavy atom. The molecule has 0 atom stereocenters. The fraction of sp³-hybridized carbons (Fsp3) is 1.00. The van der Waals surface area contributed by atoms with E-state index in [-0.39, 0.29) is 6.10 Å². The van der Waals surface area contributed by atoms with Crippen LogP contribution in [0.1, 0.15) is 127 Å². The van der Waals surface area contributed by atoms with E-state index in [1.807, 2.05) is 13.8 Å². The standard InChI is InChI=1S/C16H30O.2C3H8.C2H6/c1-12-4-6-13(7-5-12)16(2,3)14-8-10-15(17)11-9-14;2*1-3-2;1-2/h12-15,17H,4-11H2,1-3H3;2*3H2,1-2H3;1-2H3. The molecule has 0 aromatic rings. The second-order valence-corrected chi connectivity index (χ2v) is 8.70. The molecule has 154 valence electrons. The highest BCUT2D eigenvalue weighted by Gasteiger charge is 2.39. The highest BCUT2D eigenvalue weighted by Crippen LogP contribution is 2.48. The predicted octanol–water partition coefficient (Wildman–Crippen LogP) is 8.25. The van der Waals surface area contributed by atoms with Gasteiger partial charge in [0.1, 0.15) is 0 Å². The lowest BCUT2D eigenvalue weighted by atomic mass is 9.60. The van der Waals surface area contributed by atoms with Crippen LogP contribution in [-0.2, 0) is 0 Å². The van der Waals surface area contributed by atoms with Gasteiger partial charge in [0.15, 0.2) is 0 Å². The first-order valence-electron chi connectivity index (χ1n) is 11.5. The molecule has 1 N–H and O–H groups in total. The molecule has 1 nitrogen and oxygen atoms in total. The molecular weight excluding hydrogens is 304 g/mol. The van der Waals surface area contributed by atoms with E-state index in [9.17, 15) is 5.11 Å². The molecule has 0 bridgehead atoms. The van der Waals surface area contributed by atoms with Crippen molar-refractivity contribution < 1.29 is 5.11 Å². The molecule has 2 aliphatic rings. The molecule has 2 saturated carbocycles. The molecule has 0 saturated heterocycles. The second-order valence-electron chi connectivity index (χ2n) is 8.70. The third kappa shape index (κ3) is 11.3. The average Bonchev–Trinajstić information content (AvgIpc) is 2.59. The van der Waals surface area contributed by atoms with Crippen LogP contribution in [0.2, 0.25) is 0 Å². The maximum atomic E-state index is 9.64. The third-order valence-corrected chi connectivity index (χ3v) is 5.82. The van der Waals surface area contributed by atoms with Gasteiger partial charge in [0, 0.05) is 0 Å². The van der Waals surface area contributed by atoms with Crippen molar-refractivity contribution in [1.82, 2.24) is 0 Å². The molecule has 0 aliphatic heterocycles. The van der Waals surface area contributed by atoms with Gasteiger partial charge in [-0.1, -0.05) is 88.0 Å². The van der Waals surface area contributed by atoms with E-state index in [0.29, 0.717) is 5.41 Å². The number of hydrogen-bond donors (Lipinski definition) is 1. The van der Waals surface area contributed by atoms with Gasteiger partial charge < -0.3 is 5.11 Å². The van der Waals surface area contributed by atoms with Gasteiger partial charge in [0.25, 0.3) is 0 Å². The van der Waals surface area contributed by atoms with Gasteiger partial charge in [0.05, 0.1) is 6.10 Å². The number of aliphatic hydroxyl groups is 1. The number of hydrogen-bond acceptors (Lipinski definition) is 1. The Balaban J connectivity index is 0. The molecule has 0 amide bonds. The zero-order valence-corrected chi connectivity index (χ0v) is 19.3. The Kier molecular flexibility index (Phi) is 17.6. The molecule has 0 aromatic heterocycles. The molecule has 0 radical (unpaired) electrons. The van der Waals surface area contributed by atoms with E-state index >= 15 is 0 Å². The summed E-state index contributed by atoms with van der Waals surface area (Å²) in [6.45, 7) is 19.9. The van der Waals surface area contributed by atoms with Crippen LogP contribution < -0.4 is 0 Å². The fourth-order valence-corrected chi connectivity index (χ4v) is 4.16. The molecule has 2 fully saturated rings. The number of aliphatic hydroxyl groups excluding tert-OH is 1. The summed E-state index contributed by atoms with van der Waals surface area (Å²) in [5.41, 5.74) is 0.500. The Morgan fingerprint density at radius 1 is 0.680 bits per heavy atom. The Morgan fingerprint density at radius 2 is 0.960 bits per heavy atom. The molecule has 0 spiro atoms. The highest BCUT2D eigenvalue weighted by molar-refractivity contribution is 4.90. The quantitative estimate of drug-likeness (QED) is 0.528. The van der Waals surface area contributed by atoms with Crippen LogP contribution >= 0.6 is 0 Å². The largest absolute Gasteiger partial charge is 0.393 e. The molecule has 2 aliphatic carbocycles. The smallest absolute Gasteiger partial charge is 0.0540 e. The van der Waals surface area contributed by atoms with E-state index < -0.39 is 0 Å². The van der Waals surface area contributed by atoms with Crippen LogP contribution in [-0.4, -0.2) is 11.2 Å². The summed E-state index contributed by atoms with van der Waals surface area (Å²) in [6, 6.07) is 0. The molecular formula is C24H52O. The van der Waals surface area contributed by atoms with Crippen LogP contribution in [0.25, 0.3) is 0 Å². The van der Waals surface area contributed by atoms with Crippen LogP contribution in [0.15, 0.2) is 0 Å². The SMILES string of the molecule is CC.CC1CCC(C(C)(C)C2CCC(O)CC2)CC1.CCC.CCC. The molecule has 2 rings (SSSR count). The monoisotopic (exact) mass is 356 g/mol. The normalized spacial score (nSPS) is 29.0. The summed E-state index contributed by atoms with van der Waals surface area (Å²) in [5.74, 6) is 2.73. The second kappa shape index (κ2) is 16.2. The first-order chi connectivity index (χ1) is 11.8. The maximum absolute atomic E-state index is 9.64. The zero-order chi connectivity index (χ0) is 19.9. The van der Waals surface area contributed by atoms with Crippen molar-refractivity contribution in [2.24, 2.45) is 23.2 Å². The van der Waals surface area contributed by atoms with Crippen LogP contribution in [0, 0.1) is 23.2 Å². The first kappa shape index (κ1) is 27.2. The third-order valence-electron chi connectivity index (χ3n) is 5.82. The van der Waals surface area contributed by atoms with Crippen LogP contribution in [0.4, 0.5) is 0 Å². The summed E-state index contributed by atoms with van der Waals surface area (Å²) in [5, 5.41) is 9.64. The topological polar surface area (TPSA) is 20.2 Å². The van der Waals surface area contributed by atoms with Crippen LogP contribution in [0.5, 0.6) is 0 Å². The van der Waals surface area contributed by atoms with Crippen molar-refractivity contribution in [3.8, 4) is 0 Å². The van der Waals surface area contributed by atoms with Gasteiger partial charge >= 0.3 is 0 Å². The van der Waals surface area contributed by atoms with Crippen molar-refractivity contribution in [2.75, 3.05) is 0 Å². The van der Waals surface area contributed by atoms with E-state index in [4.69, 9.17) is 0 Å². The lowest BCUT2D eigenvalue weighted by Crippen LogP contribution is -2.37. The van der Waals surface area contributed by atoms with Crippen molar-refractivity contribution in [1.29, 1.82) is 0 Å². The van der Waals surface area contributed by atoms with Gasteiger partial charge in [-0.15, -0.1) is 0 Å². The van der Waals surface area contributed by atoms with Gasteiger partial charge in [-0.3, -0.25) is 0 Å². The molecule has 0 heterocycles. The van der Waals surface area contributed by atoms with Crippen molar-refractivity contribution >= 4 is 0 Å². The lowest BCUT2D eigenvalue weighted by Gasteiger charge is -2.46. The van der Waals surface area contributed by atoms with Gasteiger partial charge in [-0.25, -0.2) is 0 Å². The van der Waals surface area contributed by atoms with E-state index in [1.165, 1.54) is 51.4 Å². The summed E-state index contributed by atoms with van der Waals surface area (Å²) in [4.78, 5) is 0. The van der Waals surface area contributed by atoms with Crippen molar-refractivity contribution in [2.45, 2.75) is 133 Å². The molecule has 25 heavy (non-hydrogen) atoms. The Bertz CT molecular complexity index is 229. The Hall–Kier alpha value is -0.0400. The summed E-state index contributed by atoms with van der Waals surface area (Å²) >= 11 is 0. The minimum atomic E-state index is -0.00609. The number of rotatable bonds is 2. The summed E-state index contributed by atoms with van der Waals surface area (Å²) in [7, 11) is 0. The van der Waals surface area contributed by atoms with E-state index in [2.05, 4.69) is 48.5 Å². The fourth-order valence-electron chi connectivity index (χ4n) is 4.16. The summed E-state index contributed by atoms with van der Waals surface area (Å²) < 4.78 is 0.